The Bertz CT molecular complexity index is 1060. The predicted molar refractivity (Wildman–Crippen MR) is 115 cm³/mol. The number of likely N-dealkylation sites (N-methyl/N-ethyl adjacent to an activating group) is 1. The van der Waals surface area contributed by atoms with Crippen LogP contribution in [0.5, 0.6) is 0 Å². The first-order valence-corrected chi connectivity index (χ1v) is 11.9. The second-order valence-corrected chi connectivity index (χ2v) is 10.6. The van der Waals surface area contributed by atoms with Crippen LogP contribution in [0.4, 0.5) is 5.00 Å². The minimum absolute atomic E-state index is 0.105. The maximum Gasteiger partial charge on any atom is 0.341 e. The van der Waals surface area contributed by atoms with Gasteiger partial charge in [0.25, 0.3) is 5.91 Å². The molecule has 0 fully saturated rings. The van der Waals surface area contributed by atoms with Gasteiger partial charge in [0, 0.05) is 26.1 Å². The quantitative estimate of drug-likeness (QED) is 0.638. The minimum Gasteiger partial charge on any atom is -0.462 e. The molecule has 2 aromatic rings. The lowest BCUT2D eigenvalue weighted by molar-refractivity contribution is -0.895. The summed E-state index contributed by atoms with van der Waals surface area (Å²) in [6, 6.07) is 5.71. The van der Waals surface area contributed by atoms with Gasteiger partial charge < -0.3 is 15.0 Å². The number of anilines is 1. The van der Waals surface area contributed by atoms with Crippen molar-refractivity contribution in [3.8, 4) is 0 Å². The molecule has 3 rings (SSSR count). The number of amides is 1. The minimum atomic E-state index is -3.57. The third-order valence-corrected chi connectivity index (χ3v) is 7.93. The first-order chi connectivity index (χ1) is 14.1. The van der Waals surface area contributed by atoms with Crippen molar-refractivity contribution >= 4 is 38.2 Å². The molecule has 0 spiro atoms. The number of sulfonamides is 1. The standard InChI is InChI=1S/C20H25N3O5S2/c1-5-28-20(25)17-15-10-11-23(4)12-16(15)29-19(17)21-18(24)13-6-8-14(9-7-13)30(26,27)22(2)3/h6-9H,5,10-12H2,1-4H3,(H,21,24)/p+1. The zero-order valence-corrected chi connectivity index (χ0v) is 19.1. The van der Waals surface area contributed by atoms with Gasteiger partial charge >= 0.3 is 5.97 Å². The summed E-state index contributed by atoms with van der Waals surface area (Å²) in [7, 11) is 1.42. The van der Waals surface area contributed by atoms with Crippen molar-refractivity contribution in [2.75, 3.05) is 39.6 Å². The fraction of sp³-hybridized carbons (Fsp3) is 0.400. The van der Waals surface area contributed by atoms with E-state index in [1.807, 2.05) is 0 Å². The smallest absolute Gasteiger partial charge is 0.341 e. The first kappa shape index (κ1) is 22.4. The molecule has 1 aromatic carbocycles. The molecule has 1 aromatic heterocycles. The number of thiophene rings is 1. The molecular weight excluding hydrogens is 426 g/mol. The first-order valence-electron chi connectivity index (χ1n) is 9.62. The van der Waals surface area contributed by atoms with Crippen LogP contribution in [0.3, 0.4) is 0 Å². The largest absolute Gasteiger partial charge is 0.462 e. The second kappa shape index (κ2) is 8.84. The number of ether oxygens (including phenoxy) is 1. The van der Waals surface area contributed by atoms with E-state index < -0.39 is 21.9 Å². The lowest BCUT2D eigenvalue weighted by atomic mass is 10.0. The molecule has 1 aliphatic heterocycles. The van der Waals surface area contributed by atoms with Crippen molar-refractivity contribution in [2.24, 2.45) is 0 Å². The fourth-order valence-electron chi connectivity index (χ4n) is 3.29. The van der Waals surface area contributed by atoms with Gasteiger partial charge in [-0.2, -0.15) is 0 Å². The van der Waals surface area contributed by atoms with Crippen molar-refractivity contribution < 1.29 is 27.6 Å². The summed E-state index contributed by atoms with van der Waals surface area (Å²) in [5.74, 6) is -0.842. The molecule has 1 aliphatic rings. The summed E-state index contributed by atoms with van der Waals surface area (Å²) in [6.07, 6.45) is 0.749. The summed E-state index contributed by atoms with van der Waals surface area (Å²) in [4.78, 5) is 27.9. The normalized spacial score (nSPS) is 16.2. The Morgan fingerprint density at radius 3 is 2.50 bits per heavy atom. The van der Waals surface area contributed by atoms with E-state index in [1.54, 1.807) is 6.92 Å². The summed E-state index contributed by atoms with van der Waals surface area (Å²) < 4.78 is 30.7. The molecule has 1 atom stereocenters. The molecule has 2 heterocycles. The number of nitrogens with one attached hydrogen (secondary N) is 2. The molecule has 2 N–H and O–H groups in total. The summed E-state index contributed by atoms with van der Waals surface area (Å²) in [6.45, 7) is 3.70. The van der Waals surface area contributed by atoms with Crippen LogP contribution in [0.15, 0.2) is 29.2 Å². The highest BCUT2D eigenvalue weighted by Gasteiger charge is 2.30. The van der Waals surface area contributed by atoms with Crippen LogP contribution in [-0.2, 0) is 27.7 Å². The highest BCUT2D eigenvalue weighted by molar-refractivity contribution is 7.89. The SMILES string of the molecule is CCOC(=O)c1c(NC(=O)c2ccc(S(=O)(=O)N(C)C)cc2)sc2c1CC[NH+](C)C2. The van der Waals surface area contributed by atoms with Gasteiger partial charge in [-0.3, -0.25) is 4.79 Å². The zero-order chi connectivity index (χ0) is 22.1. The second-order valence-electron chi connectivity index (χ2n) is 7.33. The van der Waals surface area contributed by atoms with Gasteiger partial charge in [-0.15, -0.1) is 11.3 Å². The molecule has 0 saturated heterocycles. The number of rotatable bonds is 6. The van der Waals surface area contributed by atoms with Crippen LogP contribution in [0.1, 0.15) is 38.1 Å². The van der Waals surface area contributed by atoms with E-state index in [-0.39, 0.29) is 11.5 Å². The number of hydrogen-bond donors (Lipinski definition) is 2. The van der Waals surface area contributed by atoms with E-state index in [2.05, 4.69) is 12.4 Å². The van der Waals surface area contributed by atoms with Gasteiger partial charge in [-0.25, -0.2) is 17.5 Å². The maximum atomic E-state index is 12.8. The molecular formula is C20H26N3O5S2+. The van der Waals surface area contributed by atoms with Crippen LogP contribution in [0.2, 0.25) is 0 Å². The average Bonchev–Trinajstić information content (AvgIpc) is 3.04. The Morgan fingerprint density at radius 1 is 1.23 bits per heavy atom. The molecule has 0 bridgehead atoms. The highest BCUT2D eigenvalue weighted by Crippen LogP contribution is 2.35. The molecule has 30 heavy (non-hydrogen) atoms. The monoisotopic (exact) mass is 452 g/mol. The van der Waals surface area contributed by atoms with E-state index in [1.165, 1.54) is 54.6 Å². The van der Waals surface area contributed by atoms with Crippen molar-refractivity contribution in [1.82, 2.24) is 4.31 Å². The molecule has 0 aliphatic carbocycles. The van der Waals surface area contributed by atoms with Gasteiger partial charge in [0.2, 0.25) is 10.0 Å². The van der Waals surface area contributed by atoms with E-state index >= 15 is 0 Å². The Hall–Kier alpha value is -2.27. The molecule has 162 valence electrons. The van der Waals surface area contributed by atoms with Gasteiger partial charge in [0.05, 0.1) is 35.5 Å². The van der Waals surface area contributed by atoms with Crippen LogP contribution in [0.25, 0.3) is 0 Å². The van der Waals surface area contributed by atoms with Gasteiger partial charge in [-0.05, 0) is 36.8 Å². The number of nitrogens with zero attached hydrogens (tertiary/aromatic N) is 1. The molecule has 10 heteroatoms. The molecule has 1 amide bonds. The van der Waals surface area contributed by atoms with Crippen molar-refractivity contribution in [3.63, 3.8) is 0 Å². The van der Waals surface area contributed by atoms with Gasteiger partial charge in [0.1, 0.15) is 11.5 Å². The third-order valence-electron chi connectivity index (χ3n) is 4.96. The molecule has 0 saturated carbocycles. The van der Waals surface area contributed by atoms with Crippen LogP contribution in [0, 0.1) is 0 Å². The van der Waals surface area contributed by atoms with E-state index in [0.717, 1.165) is 34.3 Å². The lowest BCUT2D eigenvalue weighted by Crippen LogP contribution is -3.08. The number of esters is 1. The zero-order valence-electron chi connectivity index (χ0n) is 17.4. The summed E-state index contributed by atoms with van der Waals surface area (Å²) in [5.41, 5.74) is 1.69. The average molecular weight is 453 g/mol. The molecule has 1 unspecified atom stereocenters. The molecule has 8 nitrogen and oxygen atoms in total. The number of benzene rings is 1. The Balaban J connectivity index is 1.89. The van der Waals surface area contributed by atoms with E-state index in [9.17, 15) is 18.0 Å². The Labute approximate surface area is 180 Å². The summed E-state index contributed by atoms with van der Waals surface area (Å²) >= 11 is 1.40. The Morgan fingerprint density at radius 2 is 1.90 bits per heavy atom. The number of carbonyl (C=O) groups is 2. The van der Waals surface area contributed by atoms with Gasteiger partial charge in [0.15, 0.2) is 0 Å². The highest BCUT2D eigenvalue weighted by atomic mass is 32.2. The Kier molecular flexibility index (Phi) is 6.61. The van der Waals surface area contributed by atoms with Crippen LogP contribution in [-0.4, -0.2) is 58.9 Å². The number of carbonyl (C=O) groups excluding carboxylic acids is 2. The fourth-order valence-corrected chi connectivity index (χ4v) is 5.54. The number of fused-ring (bicyclic) bond motifs is 1. The number of hydrogen-bond acceptors (Lipinski definition) is 6. The predicted octanol–water partition coefficient (Wildman–Crippen LogP) is 0.998. The van der Waals surface area contributed by atoms with Crippen molar-refractivity contribution in [2.45, 2.75) is 24.8 Å². The maximum absolute atomic E-state index is 12.8. The van der Waals surface area contributed by atoms with Crippen LogP contribution >= 0.6 is 11.3 Å². The van der Waals surface area contributed by atoms with Crippen LogP contribution < -0.4 is 10.2 Å². The molecule has 0 radical (unpaired) electrons. The van der Waals surface area contributed by atoms with Gasteiger partial charge in [-0.1, -0.05) is 0 Å². The van der Waals surface area contributed by atoms with Crippen molar-refractivity contribution in [3.05, 3.63) is 45.8 Å². The topological polar surface area (TPSA) is 97.2 Å². The van der Waals surface area contributed by atoms with E-state index in [0.29, 0.717) is 16.1 Å². The summed E-state index contributed by atoms with van der Waals surface area (Å²) in [5, 5.41) is 3.30. The van der Waals surface area contributed by atoms with Crippen molar-refractivity contribution in [1.29, 1.82) is 0 Å². The number of quaternary nitrogens is 1. The third kappa shape index (κ3) is 4.41. The van der Waals surface area contributed by atoms with E-state index in [4.69, 9.17) is 4.74 Å². The lowest BCUT2D eigenvalue weighted by Gasteiger charge is -2.19.